The molecule has 2 rings (SSSR count). The normalized spacial score (nSPS) is 11.3. The van der Waals surface area contributed by atoms with Crippen LogP contribution < -0.4 is 38.6 Å². The number of benzene rings is 2. The molecule has 0 atom stereocenters. The van der Waals surface area contributed by atoms with E-state index in [0.29, 0.717) is 23.3 Å². The van der Waals surface area contributed by atoms with E-state index in [1.807, 2.05) is 36.4 Å². The van der Waals surface area contributed by atoms with E-state index in [2.05, 4.69) is 39.8 Å². The molecule has 124 valence electrons. The summed E-state index contributed by atoms with van der Waals surface area (Å²) in [4.78, 5) is 0. The summed E-state index contributed by atoms with van der Waals surface area (Å²) in [5.41, 5.74) is -0.441. The first-order valence-corrected chi connectivity index (χ1v) is 11.3. The van der Waals surface area contributed by atoms with E-state index in [1.54, 1.807) is 0 Å². The zero-order valence-corrected chi connectivity index (χ0v) is 19.4. The van der Waals surface area contributed by atoms with Crippen molar-refractivity contribution in [2.24, 2.45) is 0 Å². The second-order valence-electron chi connectivity index (χ2n) is 6.08. The van der Waals surface area contributed by atoms with Crippen LogP contribution in [0.3, 0.4) is 0 Å². The summed E-state index contributed by atoms with van der Waals surface area (Å²) in [5, 5.41) is 0. The van der Waals surface area contributed by atoms with Crippen LogP contribution in [0.15, 0.2) is 48.5 Å². The molecule has 0 heterocycles. The monoisotopic (exact) mass is 388 g/mol. The number of hydrogen-bond donors (Lipinski definition) is 0. The zero-order valence-electron chi connectivity index (χ0n) is 14.9. The van der Waals surface area contributed by atoms with Crippen molar-refractivity contribution in [3.8, 4) is 11.5 Å². The average molecular weight is 388 g/mol. The van der Waals surface area contributed by atoms with Gasteiger partial charge in [0.1, 0.15) is 11.5 Å². The van der Waals surface area contributed by atoms with E-state index < -0.39 is 5.69 Å². The van der Waals surface area contributed by atoms with E-state index in [9.17, 15) is 0 Å². The summed E-state index contributed by atoms with van der Waals surface area (Å²) >= 11 is 10.8. The summed E-state index contributed by atoms with van der Waals surface area (Å²) in [6.07, 6.45) is 0. The molecule has 0 spiro atoms. The van der Waals surface area contributed by atoms with Crippen LogP contribution in [0.1, 0.15) is 50.7 Å². The SMILES string of the molecule is CC(C)c1cccc(OP(=S)([S-])Oc2cccc(C(C)C)c2)c1.[Na+]. The van der Waals surface area contributed by atoms with Gasteiger partial charge in [0.05, 0.1) is 0 Å². The van der Waals surface area contributed by atoms with Crippen LogP contribution in [-0.4, -0.2) is 0 Å². The van der Waals surface area contributed by atoms with E-state index in [1.165, 1.54) is 11.1 Å². The van der Waals surface area contributed by atoms with Gasteiger partial charge < -0.3 is 21.3 Å². The van der Waals surface area contributed by atoms with Gasteiger partial charge in [-0.25, -0.2) is 0 Å². The first-order valence-electron chi connectivity index (χ1n) is 7.67. The average Bonchev–Trinajstić information content (AvgIpc) is 2.46. The molecule has 0 aromatic heterocycles. The Labute approximate surface area is 178 Å². The van der Waals surface area contributed by atoms with Crippen molar-refractivity contribution in [2.75, 3.05) is 0 Å². The molecule has 0 aliphatic heterocycles. The van der Waals surface area contributed by atoms with Crippen LogP contribution >= 0.6 is 5.69 Å². The fourth-order valence-corrected chi connectivity index (χ4v) is 3.95. The second kappa shape index (κ2) is 9.66. The van der Waals surface area contributed by atoms with Crippen molar-refractivity contribution >= 4 is 29.7 Å². The summed E-state index contributed by atoms with van der Waals surface area (Å²) in [7, 11) is 0. The molecule has 2 aromatic rings. The Morgan fingerprint density at radius 3 is 1.54 bits per heavy atom. The van der Waals surface area contributed by atoms with E-state index in [4.69, 9.17) is 33.1 Å². The minimum Gasteiger partial charge on any atom is -0.665 e. The molecule has 2 aromatic carbocycles. The molecule has 0 saturated heterocycles. The third kappa shape index (κ3) is 6.74. The van der Waals surface area contributed by atoms with E-state index in [-0.39, 0.29) is 29.6 Å². The zero-order chi connectivity index (χ0) is 17.0. The van der Waals surface area contributed by atoms with Gasteiger partial charge >= 0.3 is 29.6 Å². The maximum absolute atomic E-state index is 5.82. The smallest absolute Gasteiger partial charge is 0.665 e. The molecule has 6 heteroatoms. The van der Waals surface area contributed by atoms with Gasteiger partial charge in [-0.05, 0) is 59.0 Å². The molecule has 0 bridgehead atoms. The standard InChI is InChI=1S/C18H23O2PS2.Na/c1-13(2)15-7-5-9-17(11-15)19-21(22,23)20-18-10-6-8-16(12-18)14(3)4;/h5-14H,1-4H3,(H,22,23);/q;+1/p-1. The predicted octanol–water partition coefficient (Wildman–Crippen LogP) is 3.17. The number of hydrogen-bond acceptors (Lipinski definition) is 4. The third-order valence-electron chi connectivity index (χ3n) is 3.48. The van der Waals surface area contributed by atoms with Crippen LogP contribution in [0.2, 0.25) is 0 Å². The quantitative estimate of drug-likeness (QED) is 0.430. The molecule has 2 nitrogen and oxygen atoms in total. The van der Waals surface area contributed by atoms with Gasteiger partial charge in [-0.1, -0.05) is 52.0 Å². The summed E-state index contributed by atoms with van der Waals surface area (Å²) in [5.74, 6) is 2.19. The Bertz CT molecular complexity index is 662. The molecule has 0 amide bonds. The Balaban J connectivity index is 0.00000288. The van der Waals surface area contributed by atoms with Crippen molar-refractivity contribution in [1.82, 2.24) is 0 Å². The minimum absolute atomic E-state index is 0. The summed E-state index contributed by atoms with van der Waals surface area (Å²) in [6, 6.07) is 15.7. The van der Waals surface area contributed by atoms with Gasteiger partial charge in [-0.2, -0.15) is 0 Å². The van der Waals surface area contributed by atoms with Gasteiger partial charge in [0.2, 0.25) is 0 Å². The fraction of sp³-hybridized carbons (Fsp3) is 0.333. The third-order valence-corrected chi connectivity index (χ3v) is 5.25. The van der Waals surface area contributed by atoms with Crippen molar-refractivity contribution in [2.45, 2.75) is 39.5 Å². The van der Waals surface area contributed by atoms with Gasteiger partial charge in [0, 0.05) is 0 Å². The molecule has 0 aliphatic rings. The molecule has 0 radical (unpaired) electrons. The van der Waals surface area contributed by atoms with E-state index in [0.717, 1.165) is 0 Å². The van der Waals surface area contributed by atoms with Crippen molar-refractivity contribution in [3.05, 3.63) is 59.7 Å². The van der Waals surface area contributed by atoms with Crippen molar-refractivity contribution in [3.63, 3.8) is 0 Å². The first kappa shape index (κ1) is 22.1. The molecule has 0 saturated carbocycles. The van der Waals surface area contributed by atoms with Gasteiger partial charge in [0.25, 0.3) is 0 Å². The first-order chi connectivity index (χ1) is 10.8. The summed E-state index contributed by atoms with van der Waals surface area (Å²) in [6.45, 7) is 8.54. The molecule has 0 unspecified atom stereocenters. The fourth-order valence-electron chi connectivity index (χ4n) is 2.14. The van der Waals surface area contributed by atoms with Crippen molar-refractivity contribution in [1.29, 1.82) is 0 Å². The molecular weight excluding hydrogens is 366 g/mol. The molecule has 0 fully saturated rings. The maximum atomic E-state index is 5.82. The van der Waals surface area contributed by atoms with Gasteiger partial charge in [-0.3, -0.25) is 0 Å². The Morgan fingerprint density at radius 2 is 1.21 bits per heavy atom. The predicted molar refractivity (Wildman–Crippen MR) is 104 cm³/mol. The van der Waals surface area contributed by atoms with E-state index >= 15 is 0 Å². The van der Waals surface area contributed by atoms with Crippen LogP contribution in [0, 0.1) is 0 Å². The Hall–Kier alpha value is 0.0400. The molecule has 0 N–H and O–H groups in total. The largest absolute Gasteiger partial charge is 1.00 e. The second-order valence-corrected chi connectivity index (χ2v) is 10.9. The van der Waals surface area contributed by atoms with Gasteiger partial charge in [0.15, 0.2) is 5.69 Å². The van der Waals surface area contributed by atoms with Crippen LogP contribution in [0.5, 0.6) is 11.5 Å². The topological polar surface area (TPSA) is 18.5 Å². The van der Waals surface area contributed by atoms with Crippen LogP contribution in [0.25, 0.3) is 0 Å². The summed E-state index contributed by atoms with van der Waals surface area (Å²) < 4.78 is 11.6. The Morgan fingerprint density at radius 1 is 0.833 bits per heavy atom. The van der Waals surface area contributed by atoms with Gasteiger partial charge in [-0.15, -0.1) is 0 Å². The van der Waals surface area contributed by atoms with Crippen LogP contribution in [-0.2, 0) is 24.1 Å². The maximum Gasteiger partial charge on any atom is 1.00 e. The molecular formula is C18H22NaO2PS2. The number of rotatable bonds is 6. The Kier molecular flexibility index (Phi) is 8.89. The molecule has 24 heavy (non-hydrogen) atoms. The van der Waals surface area contributed by atoms with Crippen LogP contribution in [0.4, 0.5) is 0 Å². The van der Waals surface area contributed by atoms with Crippen molar-refractivity contribution < 1.29 is 38.6 Å². The molecule has 0 aliphatic carbocycles. The minimum atomic E-state index is -2.82.